The molecule has 1 aromatic carbocycles. The lowest BCUT2D eigenvalue weighted by Gasteiger charge is -2.34. The molecule has 0 bridgehead atoms. The predicted molar refractivity (Wildman–Crippen MR) is 73.2 cm³/mol. The molecule has 0 amide bonds. The zero-order chi connectivity index (χ0) is 15.7. The van der Waals surface area contributed by atoms with Crippen molar-refractivity contribution in [3.63, 3.8) is 0 Å². The fraction of sp³-hybridized carbons (Fsp3) is 0.538. The molecule has 0 radical (unpaired) electrons. The molecule has 2 atom stereocenters. The average molecular weight is 322 g/mol. The zero-order valence-electron chi connectivity index (χ0n) is 11.2. The highest BCUT2D eigenvalue weighted by Gasteiger charge is 2.45. The summed E-state index contributed by atoms with van der Waals surface area (Å²) in [4.78, 5) is -0.119. The molecule has 4 nitrogen and oxygen atoms in total. The van der Waals surface area contributed by atoms with Crippen LogP contribution >= 0.6 is 0 Å². The number of halogens is 3. The van der Waals surface area contributed by atoms with Gasteiger partial charge < -0.3 is 5.32 Å². The first-order chi connectivity index (χ1) is 9.68. The van der Waals surface area contributed by atoms with Gasteiger partial charge in [0.15, 0.2) is 0 Å². The van der Waals surface area contributed by atoms with Crippen LogP contribution in [0.3, 0.4) is 0 Å². The first-order valence-electron chi connectivity index (χ1n) is 6.64. The van der Waals surface area contributed by atoms with Gasteiger partial charge in [-0.25, -0.2) is 13.6 Å². The standard InChI is InChI=1S/C13H17F3N2O2S/c14-13(15,16)11-6-1-2-7-12(11)18-9-4-3-5-10(8-9)21(17,19)20/h3-5,8,11-12,18H,1-2,6-7H2,(H2,17,19,20). The summed E-state index contributed by atoms with van der Waals surface area (Å²) in [6.07, 6.45) is -2.48. The van der Waals surface area contributed by atoms with Crippen LogP contribution in [0.4, 0.5) is 18.9 Å². The minimum Gasteiger partial charge on any atom is -0.382 e. The summed E-state index contributed by atoms with van der Waals surface area (Å²) < 4.78 is 61.6. The minimum atomic E-state index is -4.25. The van der Waals surface area contributed by atoms with E-state index in [4.69, 9.17) is 5.14 Å². The number of hydrogen-bond acceptors (Lipinski definition) is 3. The van der Waals surface area contributed by atoms with Crippen LogP contribution < -0.4 is 10.5 Å². The summed E-state index contributed by atoms with van der Waals surface area (Å²) in [6, 6.07) is 4.82. The van der Waals surface area contributed by atoms with Crippen LogP contribution in [-0.4, -0.2) is 20.6 Å². The lowest BCUT2D eigenvalue weighted by atomic mass is 9.84. The zero-order valence-corrected chi connectivity index (χ0v) is 12.0. The molecule has 1 saturated carbocycles. The topological polar surface area (TPSA) is 72.2 Å². The molecule has 0 saturated heterocycles. The van der Waals surface area contributed by atoms with Gasteiger partial charge in [-0.1, -0.05) is 18.9 Å². The third-order valence-electron chi connectivity index (χ3n) is 3.70. The van der Waals surface area contributed by atoms with E-state index in [2.05, 4.69) is 5.32 Å². The van der Waals surface area contributed by atoms with E-state index in [1.807, 2.05) is 0 Å². The van der Waals surface area contributed by atoms with Crippen LogP contribution in [0.5, 0.6) is 0 Å². The number of hydrogen-bond donors (Lipinski definition) is 2. The Morgan fingerprint density at radius 1 is 1.19 bits per heavy atom. The van der Waals surface area contributed by atoms with Crippen LogP contribution in [0.25, 0.3) is 0 Å². The summed E-state index contributed by atoms with van der Waals surface area (Å²) in [5.74, 6) is -1.41. The molecular formula is C13H17F3N2O2S. The van der Waals surface area contributed by atoms with Gasteiger partial charge in [0.25, 0.3) is 0 Å². The van der Waals surface area contributed by atoms with Gasteiger partial charge in [-0.05, 0) is 31.0 Å². The number of nitrogens with one attached hydrogen (secondary N) is 1. The van der Waals surface area contributed by atoms with E-state index in [1.54, 1.807) is 0 Å². The van der Waals surface area contributed by atoms with Crippen molar-refractivity contribution in [2.45, 2.75) is 42.8 Å². The van der Waals surface area contributed by atoms with Gasteiger partial charge in [0.05, 0.1) is 10.8 Å². The van der Waals surface area contributed by atoms with Crippen molar-refractivity contribution in [2.75, 3.05) is 5.32 Å². The summed E-state index contributed by atoms with van der Waals surface area (Å²) in [7, 11) is -3.87. The van der Waals surface area contributed by atoms with E-state index in [1.165, 1.54) is 24.3 Å². The van der Waals surface area contributed by atoms with Crippen LogP contribution in [-0.2, 0) is 10.0 Å². The second kappa shape index (κ2) is 5.84. The molecule has 2 rings (SSSR count). The molecule has 1 aliphatic carbocycles. The van der Waals surface area contributed by atoms with Crippen molar-refractivity contribution in [3.05, 3.63) is 24.3 Å². The smallest absolute Gasteiger partial charge is 0.382 e. The van der Waals surface area contributed by atoms with E-state index in [0.717, 1.165) is 6.42 Å². The van der Waals surface area contributed by atoms with Crippen molar-refractivity contribution in [1.29, 1.82) is 0 Å². The Hall–Kier alpha value is -1.28. The molecule has 0 heterocycles. The molecule has 8 heteroatoms. The van der Waals surface area contributed by atoms with Gasteiger partial charge in [0, 0.05) is 11.7 Å². The summed E-state index contributed by atoms with van der Waals surface area (Å²) >= 11 is 0. The number of alkyl halides is 3. The summed E-state index contributed by atoms with van der Waals surface area (Å²) in [5.41, 5.74) is 0.336. The number of primary sulfonamides is 1. The van der Waals surface area contributed by atoms with Crippen LogP contribution in [0.1, 0.15) is 25.7 Å². The number of sulfonamides is 1. The molecule has 1 aliphatic rings. The lowest BCUT2D eigenvalue weighted by Crippen LogP contribution is -2.41. The molecule has 3 N–H and O–H groups in total. The quantitative estimate of drug-likeness (QED) is 0.899. The van der Waals surface area contributed by atoms with Gasteiger partial charge in [0.1, 0.15) is 0 Å². The first-order valence-corrected chi connectivity index (χ1v) is 8.18. The maximum absolute atomic E-state index is 13.0. The SMILES string of the molecule is NS(=O)(=O)c1cccc(NC2CCCCC2C(F)(F)F)c1. The van der Waals surface area contributed by atoms with E-state index < -0.39 is 28.2 Å². The van der Waals surface area contributed by atoms with Gasteiger partial charge in [0.2, 0.25) is 10.0 Å². The molecule has 0 aromatic heterocycles. The molecule has 2 unspecified atom stereocenters. The highest BCUT2D eigenvalue weighted by molar-refractivity contribution is 7.89. The largest absolute Gasteiger partial charge is 0.393 e. The highest BCUT2D eigenvalue weighted by atomic mass is 32.2. The second-order valence-corrected chi connectivity index (χ2v) is 6.82. The molecule has 0 aliphatic heterocycles. The van der Waals surface area contributed by atoms with E-state index in [-0.39, 0.29) is 11.3 Å². The molecular weight excluding hydrogens is 305 g/mol. The van der Waals surface area contributed by atoms with E-state index in [9.17, 15) is 21.6 Å². The molecule has 1 fully saturated rings. The number of anilines is 1. The lowest BCUT2D eigenvalue weighted by molar-refractivity contribution is -0.184. The Kier molecular flexibility index (Phi) is 4.48. The second-order valence-electron chi connectivity index (χ2n) is 5.26. The Bertz CT molecular complexity index is 602. The number of rotatable bonds is 3. The highest BCUT2D eigenvalue weighted by Crippen LogP contribution is 2.39. The van der Waals surface area contributed by atoms with Gasteiger partial charge in [-0.2, -0.15) is 13.2 Å². The molecule has 0 spiro atoms. The van der Waals surface area contributed by atoms with E-state index >= 15 is 0 Å². The molecule has 1 aromatic rings. The summed E-state index contributed by atoms with van der Waals surface area (Å²) in [5, 5.41) is 7.83. The predicted octanol–water partition coefficient (Wildman–Crippen LogP) is 2.87. The monoisotopic (exact) mass is 322 g/mol. The number of nitrogens with two attached hydrogens (primary N) is 1. The molecule has 118 valence electrons. The maximum atomic E-state index is 13.0. The van der Waals surface area contributed by atoms with Gasteiger partial charge in [-0.15, -0.1) is 0 Å². The molecule has 21 heavy (non-hydrogen) atoms. The fourth-order valence-corrected chi connectivity index (χ4v) is 3.23. The Morgan fingerprint density at radius 2 is 1.86 bits per heavy atom. The van der Waals surface area contributed by atoms with Crippen molar-refractivity contribution < 1.29 is 21.6 Å². The van der Waals surface area contributed by atoms with Crippen LogP contribution in [0.2, 0.25) is 0 Å². The Labute approximate surface area is 121 Å². The van der Waals surface area contributed by atoms with Crippen molar-refractivity contribution in [2.24, 2.45) is 11.1 Å². The fourth-order valence-electron chi connectivity index (χ4n) is 2.67. The van der Waals surface area contributed by atoms with Crippen molar-refractivity contribution in [1.82, 2.24) is 0 Å². The Morgan fingerprint density at radius 3 is 2.48 bits per heavy atom. The van der Waals surface area contributed by atoms with E-state index in [0.29, 0.717) is 18.5 Å². The third kappa shape index (κ3) is 4.10. The normalized spacial score (nSPS) is 23.8. The van der Waals surface area contributed by atoms with Gasteiger partial charge in [-0.3, -0.25) is 0 Å². The minimum absolute atomic E-state index is 0.0933. The van der Waals surface area contributed by atoms with Crippen molar-refractivity contribution >= 4 is 15.7 Å². The first kappa shape index (κ1) is 16.1. The van der Waals surface area contributed by atoms with Crippen LogP contribution in [0.15, 0.2) is 29.2 Å². The average Bonchev–Trinajstić information content (AvgIpc) is 2.37. The Balaban J connectivity index is 2.20. The summed E-state index contributed by atoms with van der Waals surface area (Å²) in [6.45, 7) is 0. The van der Waals surface area contributed by atoms with Gasteiger partial charge >= 0.3 is 6.18 Å². The van der Waals surface area contributed by atoms with Crippen LogP contribution in [0, 0.1) is 5.92 Å². The number of benzene rings is 1. The maximum Gasteiger partial charge on any atom is 0.393 e. The van der Waals surface area contributed by atoms with Crippen molar-refractivity contribution in [3.8, 4) is 0 Å². The third-order valence-corrected chi connectivity index (χ3v) is 4.61.